The monoisotopic (exact) mass is 278 g/mol. The molecular weight excluding hydrogens is 252 g/mol. The summed E-state index contributed by atoms with van der Waals surface area (Å²) in [5.41, 5.74) is 8.08. The summed E-state index contributed by atoms with van der Waals surface area (Å²) in [4.78, 5) is 4.31. The zero-order valence-corrected chi connectivity index (χ0v) is 13.0. The molecule has 1 aliphatic heterocycles. The van der Waals surface area contributed by atoms with Gasteiger partial charge < -0.3 is 5.73 Å². The van der Waals surface area contributed by atoms with Crippen molar-refractivity contribution in [1.82, 2.24) is 4.90 Å². The highest BCUT2D eigenvalue weighted by molar-refractivity contribution is 7.10. The Labute approximate surface area is 121 Å². The molecule has 19 heavy (non-hydrogen) atoms. The molecule has 2 heterocycles. The Bertz CT molecular complexity index is 442. The quantitative estimate of drug-likeness (QED) is 0.899. The lowest BCUT2D eigenvalue weighted by Gasteiger charge is -2.53. The van der Waals surface area contributed by atoms with Gasteiger partial charge in [-0.3, -0.25) is 4.90 Å². The molecule has 1 fully saturated rings. The van der Waals surface area contributed by atoms with Gasteiger partial charge >= 0.3 is 0 Å². The Morgan fingerprint density at radius 2 is 2.32 bits per heavy atom. The van der Waals surface area contributed by atoms with Crippen LogP contribution >= 0.6 is 11.3 Å². The van der Waals surface area contributed by atoms with Crippen LogP contribution in [0.4, 0.5) is 0 Å². The number of hydrogen-bond donors (Lipinski definition) is 1. The van der Waals surface area contributed by atoms with Crippen molar-refractivity contribution in [3.8, 4) is 0 Å². The molecule has 3 atom stereocenters. The first-order valence-electron chi connectivity index (χ1n) is 7.68. The molecule has 0 spiro atoms. The SMILES string of the molecule is CC1CCCC(CN)(N2CCc3sccc3C2)C1C. The van der Waals surface area contributed by atoms with E-state index in [-0.39, 0.29) is 5.54 Å². The number of rotatable bonds is 2. The van der Waals surface area contributed by atoms with E-state index in [0.717, 1.165) is 19.0 Å². The van der Waals surface area contributed by atoms with E-state index in [2.05, 4.69) is 30.2 Å². The molecule has 1 aliphatic carbocycles. The van der Waals surface area contributed by atoms with Gasteiger partial charge in [0.25, 0.3) is 0 Å². The summed E-state index contributed by atoms with van der Waals surface area (Å²) in [6.07, 6.45) is 5.22. The average molecular weight is 278 g/mol. The Balaban J connectivity index is 1.86. The first-order chi connectivity index (χ1) is 9.17. The van der Waals surface area contributed by atoms with Crippen LogP contribution in [0.2, 0.25) is 0 Å². The fourth-order valence-corrected chi connectivity index (χ4v) is 5.12. The van der Waals surface area contributed by atoms with Gasteiger partial charge in [0.2, 0.25) is 0 Å². The number of hydrogen-bond acceptors (Lipinski definition) is 3. The van der Waals surface area contributed by atoms with Gasteiger partial charge in [-0.05, 0) is 41.7 Å². The van der Waals surface area contributed by atoms with Crippen molar-refractivity contribution in [2.45, 2.75) is 51.6 Å². The molecule has 3 unspecified atom stereocenters. The van der Waals surface area contributed by atoms with Crippen LogP contribution in [0, 0.1) is 11.8 Å². The predicted octanol–water partition coefficient (Wildman–Crippen LogP) is 3.26. The maximum atomic E-state index is 6.28. The van der Waals surface area contributed by atoms with Crippen LogP contribution in [0.1, 0.15) is 43.6 Å². The summed E-state index contributed by atoms with van der Waals surface area (Å²) in [5.74, 6) is 1.52. The fourth-order valence-electron chi connectivity index (χ4n) is 4.23. The largest absolute Gasteiger partial charge is 0.329 e. The minimum atomic E-state index is 0.247. The van der Waals surface area contributed by atoms with Gasteiger partial charge in [0.05, 0.1) is 0 Å². The van der Waals surface area contributed by atoms with E-state index in [0.29, 0.717) is 5.92 Å². The van der Waals surface area contributed by atoms with Crippen LogP contribution in [0.25, 0.3) is 0 Å². The molecular formula is C16H26N2S. The molecule has 0 saturated heterocycles. The summed E-state index contributed by atoms with van der Waals surface area (Å²) in [7, 11) is 0. The molecule has 0 bridgehead atoms. The van der Waals surface area contributed by atoms with Gasteiger partial charge in [-0.2, -0.15) is 0 Å². The Kier molecular flexibility index (Phi) is 3.71. The van der Waals surface area contributed by atoms with E-state index in [1.165, 1.54) is 32.2 Å². The topological polar surface area (TPSA) is 29.3 Å². The lowest BCUT2D eigenvalue weighted by molar-refractivity contribution is -0.0194. The first kappa shape index (κ1) is 13.6. The lowest BCUT2D eigenvalue weighted by atomic mass is 9.67. The van der Waals surface area contributed by atoms with Gasteiger partial charge in [-0.15, -0.1) is 11.3 Å². The minimum absolute atomic E-state index is 0.247. The van der Waals surface area contributed by atoms with Crippen LogP contribution < -0.4 is 5.73 Å². The number of fused-ring (bicyclic) bond motifs is 1. The average Bonchev–Trinajstić information content (AvgIpc) is 2.89. The lowest BCUT2D eigenvalue weighted by Crippen LogP contribution is -2.61. The third-order valence-corrected chi connectivity index (χ3v) is 6.78. The number of nitrogens with zero attached hydrogens (tertiary/aromatic N) is 1. The predicted molar refractivity (Wildman–Crippen MR) is 82.4 cm³/mol. The molecule has 0 amide bonds. The standard InChI is InChI=1S/C16H26N2S/c1-12-4-3-7-16(11-17,13(12)2)18-8-5-15-14(10-18)6-9-19-15/h6,9,12-13H,3-5,7-8,10-11,17H2,1-2H3. The third-order valence-electron chi connectivity index (χ3n) is 5.76. The van der Waals surface area contributed by atoms with E-state index in [1.807, 2.05) is 11.3 Å². The zero-order chi connectivity index (χ0) is 13.5. The van der Waals surface area contributed by atoms with E-state index in [9.17, 15) is 0 Å². The van der Waals surface area contributed by atoms with Gasteiger partial charge in [0.15, 0.2) is 0 Å². The Hall–Kier alpha value is -0.380. The molecule has 0 aromatic carbocycles. The van der Waals surface area contributed by atoms with Crippen LogP contribution in [0.3, 0.4) is 0 Å². The van der Waals surface area contributed by atoms with Crippen molar-refractivity contribution < 1.29 is 0 Å². The van der Waals surface area contributed by atoms with Crippen LogP contribution in [-0.2, 0) is 13.0 Å². The minimum Gasteiger partial charge on any atom is -0.329 e. The maximum Gasteiger partial charge on any atom is 0.0363 e. The second kappa shape index (κ2) is 5.19. The first-order valence-corrected chi connectivity index (χ1v) is 8.55. The second-order valence-corrected chi connectivity index (χ2v) is 7.51. The number of thiophene rings is 1. The van der Waals surface area contributed by atoms with E-state index in [4.69, 9.17) is 5.73 Å². The number of nitrogens with two attached hydrogens (primary N) is 1. The van der Waals surface area contributed by atoms with E-state index >= 15 is 0 Å². The van der Waals surface area contributed by atoms with Crippen molar-refractivity contribution in [3.05, 3.63) is 21.9 Å². The summed E-state index contributed by atoms with van der Waals surface area (Å²) in [5, 5.41) is 2.25. The van der Waals surface area contributed by atoms with Crippen molar-refractivity contribution in [2.24, 2.45) is 17.6 Å². The highest BCUT2D eigenvalue weighted by Crippen LogP contribution is 2.43. The van der Waals surface area contributed by atoms with Crippen LogP contribution in [0.5, 0.6) is 0 Å². The van der Waals surface area contributed by atoms with E-state index in [1.54, 1.807) is 10.4 Å². The van der Waals surface area contributed by atoms with Crippen molar-refractivity contribution in [1.29, 1.82) is 0 Å². The molecule has 3 rings (SSSR count). The molecule has 1 aromatic heterocycles. The molecule has 2 N–H and O–H groups in total. The highest BCUT2D eigenvalue weighted by atomic mass is 32.1. The normalized spacial score (nSPS) is 36.2. The zero-order valence-electron chi connectivity index (χ0n) is 12.2. The Morgan fingerprint density at radius 1 is 1.47 bits per heavy atom. The smallest absolute Gasteiger partial charge is 0.0363 e. The van der Waals surface area contributed by atoms with Crippen molar-refractivity contribution >= 4 is 11.3 Å². The van der Waals surface area contributed by atoms with Gasteiger partial charge in [-0.1, -0.05) is 26.7 Å². The summed E-state index contributed by atoms with van der Waals surface area (Å²) in [6.45, 7) is 7.97. The maximum absolute atomic E-state index is 6.28. The molecule has 2 aliphatic rings. The Morgan fingerprint density at radius 3 is 3.11 bits per heavy atom. The molecule has 1 saturated carbocycles. The summed E-state index contributed by atoms with van der Waals surface area (Å²) >= 11 is 1.92. The fraction of sp³-hybridized carbons (Fsp3) is 0.750. The highest BCUT2D eigenvalue weighted by Gasteiger charge is 2.45. The molecule has 1 aromatic rings. The van der Waals surface area contributed by atoms with E-state index < -0.39 is 0 Å². The van der Waals surface area contributed by atoms with Gasteiger partial charge in [0, 0.05) is 30.1 Å². The molecule has 2 nitrogen and oxygen atoms in total. The molecule has 106 valence electrons. The van der Waals surface area contributed by atoms with Crippen molar-refractivity contribution in [3.63, 3.8) is 0 Å². The van der Waals surface area contributed by atoms with Gasteiger partial charge in [0.1, 0.15) is 0 Å². The van der Waals surface area contributed by atoms with Crippen LogP contribution in [0.15, 0.2) is 11.4 Å². The summed E-state index contributed by atoms with van der Waals surface area (Å²) in [6, 6.07) is 2.31. The summed E-state index contributed by atoms with van der Waals surface area (Å²) < 4.78 is 0. The van der Waals surface area contributed by atoms with Gasteiger partial charge in [-0.25, -0.2) is 0 Å². The molecule has 0 radical (unpaired) electrons. The van der Waals surface area contributed by atoms with Crippen molar-refractivity contribution in [2.75, 3.05) is 13.1 Å². The van der Waals surface area contributed by atoms with Crippen LogP contribution in [-0.4, -0.2) is 23.5 Å². The third kappa shape index (κ3) is 2.16. The molecule has 3 heteroatoms. The second-order valence-electron chi connectivity index (χ2n) is 6.51.